The molecule has 1 heterocycles. The van der Waals surface area contributed by atoms with Gasteiger partial charge in [0, 0.05) is 45.1 Å². The SMILES string of the molecule is CCNC(=NCCC(=O)NC(C)C)N(C)CC1CCOC1. The van der Waals surface area contributed by atoms with Crippen molar-refractivity contribution in [2.24, 2.45) is 10.9 Å². The van der Waals surface area contributed by atoms with E-state index in [2.05, 4.69) is 20.5 Å². The molecule has 0 radical (unpaired) electrons. The molecule has 1 fully saturated rings. The van der Waals surface area contributed by atoms with Crippen molar-refractivity contribution < 1.29 is 9.53 Å². The summed E-state index contributed by atoms with van der Waals surface area (Å²) >= 11 is 0. The Morgan fingerprint density at radius 1 is 1.48 bits per heavy atom. The Bertz CT molecular complexity index is 339. The number of nitrogens with one attached hydrogen (secondary N) is 2. The van der Waals surface area contributed by atoms with Crippen molar-refractivity contribution in [3.8, 4) is 0 Å². The molecular formula is C15H30N4O2. The third-order valence-electron chi connectivity index (χ3n) is 3.30. The molecule has 1 aliphatic heterocycles. The molecule has 0 bridgehead atoms. The summed E-state index contributed by atoms with van der Waals surface area (Å²) < 4.78 is 5.41. The van der Waals surface area contributed by atoms with Gasteiger partial charge in [0.15, 0.2) is 5.96 Å². The number of rotatable bonds is 7. The van der Waals surface area contributed by atoms with E-state index in [1.54, 1.807) is 0 Å². The number of amides is 1. The van der Waals surface area contributed by atoms with Crippen LogP contribution in [0.3, 0.4) is 0 Å². The van der Waals surface area contributed by atoms with Crippen LogP contribution in [0.2, 0.25) is 0 Å². The average molecular weight is 298 g/mol. The van der Waals surface area contributed by atoms with E-state index >= 15 is 0 Å². The highest BCUT2D eigenvalue weighted by molar-refractivity contribution is 5.80. The van der Waals surface area contributed by atoms with Crippen molar-refractivity contribution in [2.45, 2.75) is 39.7 Å². The van der Waals surface area contributed by atoms with Crippen LogP contribution >= 0.6 is 0 Å². The lowest BCUT2D eigenvalue weighted by Gasteiger charge is -2.24. The third-order valence-corrected chi connectivity index (χ3v) is 3.30. The predicted molar refractivity (Wildman–Crippen MR) is 85.4 cm³/mol. The number of hydrogen-bond acceptors (Lipinski definition) is 3. The molecule has 0 aromatic carbocycles. The van der Waals surface area contributed by atoms with E-state index in [0.717, 1.165) is 38.7 Å². The maximum Gasteiger partial charge on any atom is 0.222 e. The zero-order valence-corrected chi connectivity index (χ0v) is 13.8. The third kappa shape index (κ3) is 7.32. The van der Waals surface area contributed by atoms with Gasteiger partial charge in [0.25, 0.3) is 0 Å². The van der Waals surface area contributed by atoms with Crippen molar-refractivity contribution in [1.29, 1.82) is 0 Å². The highest BCUT2D eigenvalue weighted by Gasteiger charge is 2.19. The minimum absolute atomic E-state index is 0.0523. The lowest BCUT2D eigenvalue weighted by Crippen LogP contribution is -2.41. The van der Waals surface area contributed by atoms with Gasteiger partial charge in [-0.1, -0.05) is 0 Å². The van der Waals surface area contributed by atoms with E-state index in [0.29, 0.717) is 18.9 Å². The molecule has 0 saturated carbocycles. The van der Waals surface area contributed by atoms with E-state index in [4.69, 9.17) is 4.74 Å². The van der Waals surface area contributed by atoms with Crippen molar-refractivity contribution in [3.63, 3.8) is 0 Å². The zero-order valence-electron chi connectivity index (χ0n) is 13.8. The number of aliphatic imine (C=N–C) groups is 1. The number of hydrogen-bond donors (Lipinski definition) is 2. The van der Waals surface area contributed by atoms with Gasteiger partial charge >= 0.3 is 0 Å². The summed E-state index contributed by atoms with van der Waals surface area (Å²) in [5.74, 6) is 1.49. The van der Waals surface area contributed by atoms with E-state index in [1.165, 1.54) is 0 Å². The first-order valence-corrected chi connectivity index (χ1v) is 7.89. The molecule has 0 aromatic heterocycles. The average Bonchev–Trinajstić information content (AvgIpc) is 2.89. The lowest BCUT2D eigenvalue weighted by atomic mass is 10.1. The van der Waals surface area contributed by atoms with Crippen LogP contribution < -0.4 is 10.6 Å². The summed E-state index contributed by atoms with van der Waals surface area (Å²) in [7, 11) is 2.04. The predicted octanol–water partition coefficient (Wildman–Crippen LogP) is 0.835. The molecule has 0 aromatic rings. The van der Waals surface area contributed by atoms with Crippen LogP contribution in [0.5, 0.6) is 0 Å². The minimum atomic E-state index is 0.0523. The molecule has 6 heteroatoms. The van der Waals surface area contributed by atoms with Crippen LogP contribution in [0.1, 0.15) is 33.6 Å². The zero-order chi connectivity index (χ0) is 15.7. The van der Waals surface area contributed by atoms with Gasteiger partial charge in [-0.25, -0.2) is 0 Å². The smallest absolute Gasteiger partial charge is 0.222 e. The highest BCUT2D eigenvalue weighted by Crippen LogP contribution is 2.13. The monoisotopic (exact) mass is 298 g/mol. The Hall–Kier alpha value is -1.30. The van der Waals surface area contributed by atoms with Crippen LogP contribution in [0.25, 0.3) is 0 Å². The van der Waals surface area contributed by atoms with Gasteiger partial charge < -0.3 is 20.3 Å². The molecule has 6 nitrogen and oxygen atoms in total. The quantitative estimate of drug-likeness (QED) is 0.540. The van der Waals surface area contributed by atoms with E-state index in [1.807, 2.05) is 27.8 Å². The van der Waals surface area contributed by atoms with E-state index < -0.39 is 0 Å². The van der Waals surface area contributed by atoms with Crippen LogP contribution in [-0.2, 0) is 9.53 Å². The number of carbonyl (C=O) groups is 1. The number of guanidine groups is 1. The molecule has 2 N–H and O–H groups in total. The van der Waals surface area contributed by atoms with E-state index in [9.17, 15) is 4.79 Å². The molecule has 0 spiro atoms. The van der Waals surface area contributed by atoms with Gasteiger partial charge in [0.2, 0.25) is 5.91 Å². The van der Waals surface area contributed by atoms with Gasteiger partial charge in [-0.3, -0.25) is 9.79 Å². The maximum absolute atomic E-state index is 11.6. The fourth-order valence-corrected chi connectivity index (χ4v) is 2.33. The molecule has 1 amide bonds. The maximum atomic E-state index is 11.6. The molecule has 0 aliphatic carbocycles. The van der Waals surface area contributed by atoms with Gasteiger partial charge in [-0.2, -0.15) is 0 Å². The summed E-state index contributed by atoms with van der Waals surface area (Å²) in [6.07, 6.45) is 1.54. The first kappa shape index (κ1) is 17.8. The Morgan fingerprint density at radius 2 is 2.24 bits per heavy atom. The second-order valence-corrected chi connectivity index (χ2v) is 5.82. The summed E-state index contributed by atoms with van der Waals surface area (Å²) in [5, 5.41) is 6.15. The largest absolute Gasteiger partial charge is 0.381 e. The van der Waals surface area contributed by atoms with Crippen LogP contribution in [0.15, 0.2) is 4.99 Å². The summed E-state index contributed by atoms with van der Waals surface area (Å²) in [6.45, 7) is 9.93. The topological polar surface area (TPSA) is 66.0 Å². The first-order valence-electron chi connectivity index (χ1n) is 7.89. The Kier molecular flexibility index (Phi) is 8.12. The van der Waals surface area contributed by atoms with Crippen molar-refractivity contribution in [2.75, 3.05) is 39.9 Å². The second-order valence-electron chi connectivity index (χ2n) is 5.82. The molecule has 1 saturated heterocycles. The summed E-state index contributed by atoms with van der Waals surface area (Å²) in [4.78, 5) is 18.3. The van der Waals surface area contributed by atoms with Crippen molar-refractivity contribution >= 4 is 11.9 Å². The molecule has 1 atom stereocenters. The minimum Gasteiger partial charge on any atom is -0.381 e. The second kappa shape index (κ2) is 9.60. The number of ether oxygens (including phenoxy) is 1. The van der Waals surface area contributed by atoms with Gasteiger partial charge in [0.1, 0.15) is 0 Å². The Balaban J connectivity index is 2.42. The van der Waals surface area contributed by atoms with E-state index in [-0.39, 0.29) is 11.9 Å². The van der Waals surface area contributed by atoms with Gasteiger partial charge in [-0.05, 0) is 27.2 Å². The Labute approximate surface area is 128 Å². The molecular weight excluding hydrogens is 268 g/mol. The number of carbonyl (C=O) groups excluding carboxylic acids is 1. The standard InChI is InChI=1S/C15H30N4O2/c1-5-16-15(17-8-6-14(20)18-12(2)3)19(4)10-13-7-9-21-11-13/h12-13H,5-11H2,1-4H3,(H,16,17)(H,18,20). The molecule has 21 heavy (non-hydrogen) atoms. The van der Waals surface area contributed by atoms with Gasteiger partial charge in [0.05, 0.1) is 13.2 Å². The summed E-state index contributed by atoms with van der Waals surface area (Å²) in [5.41, 5.74) is 0. The fourth-order valence-electron chi connectivity index (χ4n) is 2.33. The Morgan fingerprint density at radius 3 is 2.81 bits per heavy atom. The normalized spacial score (nSPS) is 18.9. The van der Waals surface area contributed by atoms with Gasteiger partial charge in [-0.15, -0.1) is 0 Å². The number of nitrogens with zero attached hydrogens (tertiary/aromatic N) is 2. The fraction of sp³-hybridized carbons (Fsp3) is 0.867. The van der Waals surface area contributed by atoms with Crippen LogP contribution in [-0.4, -0.2) is 62.7 Å². The van der Waals surface area contributed by atoms with Crippen molar-refractivity contribution in [3.05, 3.63) is 0 Å². The molecule has 122 valence electrons. The molecule has 1 aliphatic rings. The summed E-state index contributed by atoms with van der Waals surface area (Å²) in [6, 6.07) is 0.180. The first-order chi connectivity index (χ1) is 10.0. The highest BCUT2D eigenvalue weighted by atomic mass is 16.5. The molecule has 1 unspecified atom stereocenters. The lowest BCUT2D eigenvalue weighted by molar-refractivity contribution is -0.121. The van der Waals surface area contributed by atoms with Crippen LogP contribution in [0.4, 0.5) is 0 Å². The van der Waals surface area contributed by atoms with Crippen LogP contribution in [0, 0.1) is 5.92 Å². The van der Waals surface area contributed by atoms with Crippen molar-refractivity contribution in [1.82, 2.24) is 15.5 Å². The molecule has 1 rings (SSSR count).